The topological polar surface area (TPSA) is 76.1 Å². The highest BCUT2D eigenvalue weighted by atomic mass is 35.5. The Hall–Kier alpha value is -3.12. The molecule has 0 saturated carbocycles. The number of carbonyl (C=O) groups excluding carboxylic acids is 1. The fourth-order valence-electron chi connectivity index (χ4n) is 2.42. The Balaban J connectivity index is 1.55. The molecule has 28 heavy (non-hydrogen) atoms. The number of benzene rings is 2. The summed E-state index contributed by atoms with van der Waals surface area (Å²) in [4.78, 5) is 20.6. The van der Waals surface area contributed by atoms with Gasteiger partial charge in [0, 0.05) is 17.3 Å². The van der Waals surface area contributed by atoms with Crippen molar-refractivity contribution in [2.75, 3.05) is 5.32 Å². The van der Waals surface area contributed by atoms with Crippen LogP contribution < -0.4 is 15.4 Å². The third kappa shape index (κ3) is 5.69. The van der Waals surface area contributed by atoms with Crippen LogP contribution in [0.15, 0.2) is 60.9 Å². The standard InChI is InChI=1S/C21H21ClN4O2/c1-14(2)28-18-9-7-17(8-10-18)26-20-13-23-19(12-24-20)21(27)25-11-15-3-5-16(22)6-4-15/h3-10,12-14H,11H2,1-2H3,(H,24,26)(H,25,27). The van der Waals surface area contributed by atoms with E-state index in [0.717, 1.165) is 17.0 Å². The molecule has 6 nitrogen and oxygen atoms in total. The summed E-state index contributed by atoms with van der Waals surface area (Å²) in [5.41, 5.74) is 2.06. The number of halogens is 1. The first-order valence-electron chi connectivity index (χ1n) is 8.88. The van der Waals surface area contributed by atoms with E-state index in [1.807, 2.05) is 50.2 Å². The molecule has 0 aliphatic heterocycles. The van der Waals surface area contributed by atoms with E-state index in [2.05, 4.69) is 20.6 Å². The Kier molecular flexibility index (Phi) is 6.45. The zero-order chi connectivity index (χ0) is 19.9. The summed E-state index contributed by atoms with van der Waals surface area (Å²) in [6, 6.07) is 14.8. The normalized spacial score (nSPS) is 10.6. The molecule has 1 amide bonds. The Bertz CT molecular complexity index is 911. The molecule has 2 aromatic carbocycles. The Morgan fingerprint density at radius 1 is 1.04 bits per heavy atom. The van der Waals surface area contributed by atoms with Crippen molar-refractivity contribution in [3.63, 3.8) is 0 Å². The minimum atomic E-state index is -0.288. The predicted octanol–water partition coefficient (Wildman–Crippen LogP) is 4.59. The van der Waals surface area contributed by atoms with Gasteiger partial charge in [-0.05, 0) is 55.8 Å². The number of carbonyl (C=O) groups is 1. The number of ether oxygens (including phenoxy) is 1. The Morgan fingerprint density at radius 3 is 2.36 bits per heavy atom. The van der Waals surface area contributed by atoms with E-state index in [0.29, 0.717) is 17.4 Å². The van der Waals surface area contributed by atoms with Crippen LogP contribution in [0.25, 0.3) is 0 Å². The van der Waals surface area contributed by atoms with Crippen LogP contribution in [-0.2, 0) is 6.54 Å². The van der Waals surface area contributed by atoms with Crippen molar-refractivity contribution in [2.24, 2.45) is 0 Å². The molecule has 0 aliphatic carbocycles. The summed E-state index contributed by atoms with van der Waals surface area (Å²) in [5.74, 6) is 1.07. The van der Waals surface area contributed by atoms with Gasteiger partial charge in [-0.3, -0.25) is 4.79 Å². The number of rotatable bonds is 7. The van der Waals surface area contributed by atoms with E-state index in [-0.39, 0.29) is 17.7 Å². The molecule has 7 heteroatoms. The third-order valence-electron chi connectivity index (χ3n) is 3.75. The zero-order valence-electron chi connectivity index (χ0n) is 15.6. The first-order chi connectivity index (χ1) is 13.5. The van der Waals surface area contributed by atoms with Gasteiger partial charge in [0.1, 0.15) is 17.3 Å². The quantitative estimate of drug-likeness (QED) is 0.610. The molecule has 0 spiro atoms. The van der Waals surface area contributed by atoms with Crippen molar-refractivity contribution in [2.45, 2.75) is 26.5 Å². The number of hydrogen-bond donors (Lipinski definition) is 2. The van der Waals surface area contributed by atoms with Crippen molar-refractivity contribution >= 4 is 29.0 Å². The molecular weight excluding hydrogens is 376 g/mol. The van der Waals surface area contributed by atoms with Crippen LogP contribution in [0.4, 0.5) is 11.5 Å². The van der Waals surface area contributed by atoms with Gasteiger partial charge in [-0.25, -0.2) is 9.97 Å². The maximum absolute atomic E-state index is 12.2. The molecule has 0 saturated heterocycles. The lowest BCUT2D eigenvalue weighted by Crippen LogP contribution is -2.24. The maximum atomic E-state index is 12.2. The van der Waals surface area contributed by atoms with Gasteiger partial charge in [0.05, 0.1) is 18.5 Å². The lowest BCUT2D eigenvalue weighted by Gasteiger charge is -2.11. The minimum absolute atomic E-state index is 0.128. The smallest absolute Gasteiger partial charge is 0.271 e. The van der Waals surface area contributed by atoms with Crippen molar-refractivity contribution < 1.29 is 9.53 Å². The predicted molar refractivity (Wildman–Crippen MR) is 110 cm³/mol. The van der Waals surface area contributed by atoms with Crippen LogP contribution in [0.3, 0.4) is 0 Å². The summed E-state index contributed by atoms with van der Waals surface area (Å²) in [6.07, 6.45) is 3.09. The third-order valence-corrected chi connectivity index (χ3v) is 4.00. The first-order valence-corrected chi connectivity index (χ1v) is 9.26. The Labute approximate surface area is 168 Å². The van der Waals surface area contributed by atoms with Gasteiger partial charge in [-0.2, -0.15) is 0 Å². The van der Waals surface area contributed by atoms with Gasteiger partial charge in [0.15, 0.2) is 0 Å². The Morgan fingerprint density at radius 2 is 1.75 bits per heavy atom. The van der Waals surface area contributed by atoms with E-state index in [9.17, 15) is 4.79 Å². The van der Waals surface area contributed by atoms with Gasteiger partial charge in [0.25, 0.3) is 5.91 Å². The summed E-state index contributed by atoms with van der Waals surface area (Å²) in [7, 11) is 0. The number of anilines is 2. The van der Waals surface area contributed by atoms with Crippen LogP contribution >= 0.6 is 11.6 Å². The number of nitrogens with one attached hydrogen (secondary N) is 2. The second-order valence-electron chi connectivity index (χ2n) is 6.41. The SMILES string of the molecule is CC(C)Oc1ccc(Nc2cnc(C(=O)NCc3ccc(Cl)cc3)cn2)cc1. The van der Waals surface area contributed by atoms with E-state index in [1.165, 1.54) is 12.4 Å². The average molecular weight is 397 g/mol. The fraction of sp³-hybridized carbons (Fsp3) is 0.190. The van der Waals surface area contributed by atoms with Gasteiger partial charge >= 0.3 is 0 Å². The van der Waals surface area contributed by atoms with Crippen LogP contribution in [0.5, 0.6) is 5.75 Å². The fourth-order valence-corrected chi connectivity index (χ4v) is 2.55. The monoisotopic (exact) mass is 396 g/mol. The molecule has 0 unspecified atom stereocenters. The van der Waals surface area contributed by atoms with E-state index < -0.39 is 0 Å². The second-order valence-corrected chi connectivity index (χ2v) is 6.85. The lowest BCUT2D eigenvalue weighted by molar-refractivity contribution is 0.0945. The average Bonchev–Trinajstić information content (AvgIpc) is 2.69. The number of hydrogen-bond acceptors (Lipinski definition) is 5. The number of aromatic nitrogens is 2. The largest absolute Gasteiger partial charge is 0.491 e. The van der Waals surface area contributed by atoms with E-state index >= 15 is 0 Å². The first kappa shape index (κ1) is 19.6. The molecule has 144 valence electrons. The highest BCUT2D eigenvalue weighted by Gasteiger charge is 2.08. The van der Waals surface area contributed by atoms with Crippen molar-refractivity contribution in [3.05, 3.63) is 77.2 Å². The van der Waals surface area contributed by atoms with E-state index in [1.54, 1.807) is 12.1 Å². The summed E-state index contributed by atoms with van der Waals surface area (Å²) in [5, 5.41) is 6.61. The summed E-state index contributed by atoms with van der Waals surface area (Å²) < 4.78 is 5.62. The molecule has 0 fully saturated rings. The minimum Gasteiger partial charge on any atom is -0.491 e. The van der Waals surface area contributed by atoms with E-state index in [4.69, 9.17) is 16.3 Å². The highest BCUT2D eigenvalue weighted by molar-refractivity contribution is 6.30. The van der Waals surface area contributed by atoms with Crippen molar-refractivity contribution in [1.29, 1.82) is 0 Å². The van der Waals surface area contributed by atoms with Gasteiger partial charge in [-0.1, -0.05) is 23.7 Å². The lowest BCUT2D eigenvalue weighted by atomic mass is 10.2. The summed E-state index contributed by atoms with van der Waals surface area (Å²) >= 11 is 5.85. The van der Waals surface area contributed by atoms with Crippen LogP contribution in [0, 0.1) is 0 Å². The molecule has 0 radical (unpaired) electrons. The van der Waals surface area contributed by atoms with Gasteiger partial charge in [0.2, 0.25) is 0 Å². The van der Waals surface area contributed by atoms with Crippen LogP contribution in [0.1, 0.15) is 29.9 Å². The number of nitrogens with zero attached hydrogens (tertiary/aromatic N) is 2. The van der Waals surface area contributed by atoms with Crippen LogP contribution in [-0.4, -0.2) is 22.0 Å². The molecule has 1 heterocycles. The van der Waals surface area contributed by atoms with Gasteiger partial charge in [-0.15, -0.1) is 0 Å². The number of amides is 1. The molecule has 3 rings (SSSR count). The maximum Gasteiger partial charge on any atom is 0.271 e. The molecule has 3 aromatic rings. The van der Waals surface area contributed by atoms with Crippen molar-refractivity contribution in [1.82, 2.24) is 15.3 Å². The molecular formula is C21H21ClN4O2. The summed E-state index contributed by atoms with van der Waals surface area (Å²) in [6.45, 7) is 4.35. The molecule has 0 bridgehead atoms. The molecule has 0 atom stereocenters. The van der Waals surface area contributed by atoms with Gasteiger partial charge < -0.3 is 15.4 Å². The molecule has 1 aromatic heterocycles. The van der Waals surface area contributed by atoms with Crippen molar-refractivity contribution in [3.8, 4) is 5.75 Å². The molecule has 0 aliphatic rings. The highest BCUT2D eigenvalue weighted by Crippen LogP contribution is 2.19. The zero-order valence-corrected chi connectivity index (χ0v) is 16.4. The molecule has 2 N–H and O–H groups in total. The second kappa shape index (κ2) is 9.19. The van der Waals surface area contributed by atoms with Crippen LogP contribution in [0.2, 0.25) is 5.02 Å².